The second-order valence-electron chi connectivity index (χ2n) is 17.0. The Balaban J connectivity index is 0.00000291. The van der Waals surface area contributed by atoms with Crippen LogP contribution in [0.2, 0.25) is 0 Å². The van der Waals surface area contributed by atoms with Crippen LogP contribution in [0.25, 0.3) is 50.3 Å². The first-order valence-electron chi connectivity index (χ1n) is 23.0. The zero-order chi connectivity index (χ0) is 46.0. The van der Waals surface area contributed by atoms with Gasteiger partial charge in [-0.3, -0.25) is 0 Å². The first-order chi connectivity index (χ1) is 34.2. The van der Waals surface area contributed by atoms with E-state index < -0.39 is 10.8 Å². The van der Waals surface area contributed by atoms with E-state index in [1.165, 1.54) is 0 Å². The minimum Gasteiger partial charge on any atom is -0.328 e. The molecule has 12 aromatic rings. The molecule has 0 saturated heterocycles. The fourth-order valence-corrected chi connectivity index (χ4v) is 10.2. The van der Waals surface area contributed by atoms with E-state index in [4.69, 9.17) is 19.9 Å². The maximum absolute atomic E-state index is 4.93. The van der Waals surface area contributed by atoms with Gasteiger partial charge in [-0.1, -0.05) is 157 Å². The zero-order valence-electron chi connectivity index (χ0n) is 38.0. The Morgan fingerprint density at radius 3 is 1.03 bits per heavy atom. The minimum absolute atomic E-state index is 0. The van der Waals surface area contributed by atoms with E-state index in [9.17, 15) is 0 Å². The first-order valence-corrected chi connectivity index (χ1v) is 23.0. The third-order valence-corrected chi connectivity index (χ3v) is 13.3. The van der Waals surface area contributed by atoms with Crippen molar-refractivity contribution in [3.63, 3.8) is 0 Å². The largest absolute Gasteiger partial charge is 2.00 e. The van der Waals surface area contributed by atoms with Gasteiger partial charge in [0.05, 0.1) is 0 Å². The van der Waals surface area contributed by atoms with Crippen LogP contribution in [0, 0.1) is 24.3 Å². The van der Waals surface area contributed by atoms with Gasteiger partial charge in [0.25, 0.3) is 0 Å². The van der Waals surface area contributed by atoms with Crippen LogP contribution in [-0.4, -0.2) is 24.5 Å². The fourth-order valence-electron chi connectivity index (χ4n) is 10.2. The van der Waals surface area contributed by atoms with E-state index in [0.717, 1.165) is 88.8 Å². The molecule has 0 unspecified atom stereocenters. The van der Waals surface area contributed by atoms with Gasteiger partial charge in [0.1, 0.15) is 0 Å². The summed E-state index contributed by atoms with van der Waals surface area (Å²) in [4.78, 5) is 19.3. The third-order valence-electron chi connectivity index (χ3n) is 13.3. The van der Waals surface area contributed by atoms with E-state index >= 15 is 0 Å². The van der Waals surface area contributed by atoms with Crippen LogP contribution in [-0.2, 0) is 52.3 Å². The van der Waals surface area contributed by atoms with Gasteiger partial charge in [-0.25, -0.2) is 9.97 Å². The molecule has 0 bridgehead atoms. The average molecular weight is 1180 g/mol. The van der Waals surface area contributed by atoms with Gasteiger partial charge in [0.2, 0.25) is 5.95 Å². The summed E-state index contributed by atoms with van der Waals surface area (Å²) in [6.07, 6.45) is 7.24. The number of aromatic nitrogens is 5. The molecule has 4 heterocycles. The molecule has 7 heteroatoms. The molecule has 4 aromatic heterocycles. The molecular weight excluding hydrogens is 1140 g/mol. The predicted octanol–water partition coefficient (Wildman–Crippen LogP) is 13.7. The molecule has 8 aromatic carbocycles. The van der Waals surface area contributed by atoms with Crippen molar-refractivity contribution in [1.29, 1.82) is 0 Å². The van der Waals surface area contributed by atoms with Crippen LogP contribution in [0.3, 0.4) is 0 Å². The molecule has 342 valence electrons. The van der Waals surface area contributed by atoms with E-state index in [1.807, 2.05) is 54.9 Å². The molecule has 12 rings (SSSR count). The van der Waals surface area contributed by atoms with E-state index in [1.54, 1.807) is 12.4 Å². The molecule has 0 aliphatic rings. The Labute approximate surface area is 442 Å². The number of fused-ring (bicyclic) bond motifs is 3. The second-order valence-corrected chi connectivity index (χ2v) is 17.0. The summed E-state index contributed by atoms with van der Waals surface area (Å²) < 4.78 is 2.13. The summed E-state index contributed by atoms with van der Waals surface area (Å²) >= 11 is 0. The summed E-state index contributed by atoms with van der Waals surface area (Å²) in [6, 6.07) is 94.1. The Morgan fingerprint density at radius 2 is 0.662 bits per heavy atom. The SMILES string of the molecule is [Pd+2].[Pt+2].[c-]1c(-c2ccccn2)cccc1C(c1[c-]c2c(cc1)c1ccc(C(c3[c-]c(-c4ccccn4)ccc3)(c3ccccc3)c3ccccc3)[c-]c1n2-c1ncccn1)(c1ccccc1)c1ccccc1. The minimum atomic E-state index is -0.862. The molecule has 71 heavy (non-hydrogen) atoms. The van der Waals surface area contributed by atoms with E-state index in [2.05, 4.69) is 211 Å². The Bertz CT molecular complexity index is 3400. The standard InChI is InChI=1S/C64H41N5.Pd.Pt/c1-5-22-48(23-6-1)63(49-24-7-2-8-25-49,52-30-17-20-46(42-52)58-32-13-15-38-65-58)54-34-36-56-57-37-35-55(45-61(57)69(60(56)44-54)62-67-40-19-41-68-62)64(50-26-9-3-10-27-50,51-28-11-4-12-29-51)53-31-18-21-47(43-53)59-33-14-16-39-66-59;;/h1-41H;;/q-4;2*+2. The second kappa shape index (κ2) is 20.3. The van der Waals surface area contributed by atoms with Crippen molar-refractivity contribution in [2.24, 2.45) is 0 Å². The summed E-state index contributed by atoms with van der Waals surface area (Å²) in [5.74, 6) is 0.516. The van der Waals surface area contributed by atoms with Crippen molar-refractivity contribution >= 4 is 21.8 Å². The Morgan fingerprint density at radius 1 is 0.310 bits per heavy atom. The van der Waals surface area contributed by atoms with Crippen molar-refractivity contribution < 1.29 is 41.5 Å². The summed E-state index contributed by atoms with van der Waals surface area (Å²) in [6.45, 7) is 0. The Hall–Kier alpha value is -7.71. The van der Waals surface area contributed by atoms with Gasteiger partial charge in [-0.05, 0) is 51.8 Å². The van der Waals surface area contributed by atoms with Gasteiger partial charge in [-0.2, -0.15) is 47.2 Å². The maximum Gasteiger partial charge on any atom is 2.00 e. The van der Waals surface area contributed by atoms with Gasteiger partial charge in [-0.15, -0.1) is 81.9 Å². The van der Waals surface area contributed by atoms with Gasteiger partial charge < -0.3 is 14.5 Å². The van der Waals surface area contributed by atoms with Gasteiger partial charge in [0.15, 0.2) is 0 Å². The van der Waals surface area contributed by atoms with Crippen molar-refractivity contribution in [2.75, 3.05) is 0 Å². The molecule has 0 fully saturated rings. The molecule has 0 atom stereocenters. The van der Waals surface area contributed by atoms with Crippen LogP contribution >= 0.6 is 0 Å². The molecule has 0 aliphatic carbocycles. The first kappa shape index (κ1) is 47.0. The third kappa shape index (κ3) is 8.19. The number of hydrogen-bond donors (Lipinski definition) is 0. The average Bonchev–Trinajstić information content (AvgIpc) is 3.76. The predicted molar refractivity (Wildman–Crippen MR) is 275 cm³/mol. The van der Waals surface area contributed by atoms with Crippen LogP contribution in [0.4, 0.5) is 0 Å². The van der Waals surface area contributed by atoms with Gasteiger partial charge in [0, 0.05) is 35.6 Å². The summed E-state index contributed by atoms with van der Waals surface area (Å²) in [5.41, 5.74) is 11.6. The van der Waals surface area contributed by atoms with E-state index in [0.29, 0.717) is 5.95 Å². The molecular formula is C64H41N5PdPt. The normalized spacial score (nSPS) is 11.4. The molecule has 0 N–H and O–H groups in total. The topological polar surface area (TPSA) is 56.5 Å². The van der Waals surface area contributed by atoms with Crippen LogP contribution in [0.1, 0.15) is 44.5 Å². The van der Waals surface area contributed by atoms with Gasteiger partial charge >= 0.3 is 41.5 Å². The number of hydrogen-bond acceptors (Lipinski definition) is 4. The number of rotatable bonds is 11. The van der Waals surface area contributed by atoms with Crippen LogP contribution in [0.15, 0.2) is 249 Å². The molecule has 5 nitrogen and oxygen atoms in total. The number of pyridine rings is 2. The molecule has 0 spiro atoms. The van der Waals surface area contributed by atoms with Crippen molar-refractivity contribution in [3.8, 4) is 28.5 Å². The fraction of sp³-hybridized carbons (Fsp3) is 0.0312. The smallest absolute Gasteiger partial charge is 0.328 e. The quantitative estimate of drug-likeness (QED) is 0.0736. The molecule has 0 amide bonds. The summed E-state index contributed by atoms with van der Waals surface area (Å²) in [5, 5.41) is 2.00. The van der Waals surface area contributed by atoms with E-state index in [-0.39, 0.29) is 41.5 Å². The molecule has 0 aliphatic heterocycles. The molecule has 0 radical (unpaired) electrons. The summed E-state index contributed by atoms with van der Waals surface area (Å²) in [7, 11) is 0. The number of benzene rings is 8. The van der Waals surface area contributed by atoms with Crippen LogP contribution in [0.5, 0.6) is 0 Å². The zero-order valence-corrected chi connectivity index (χ0v) is 41.9. The van der Waals surface area contributed by atoms with Crippen molar-refractivity contribution in [3.05, 3.63) is 318 Å². The van der Waals surface area contributed by atoms with Crippen molar-refractivity contribution in [1.82, 2.24) is 24.5 Å². The van der Waals surface area contributed by atoms with Crippen LogP contribution < -0.4 is 0 Å². The van der Waals surface area contributed by atoms with Crippen molar-refractivity contribution in [2.45, 2.75) is 10.8 Å². The molecule has 0 saturated carbocycles. The Kier molecular flexibility index (Phi) is 13.5. The maximum atomic E-state index is 4.93. The number of nitrogens with zero attached hydrogens (tertiary/aromatic N) is 5. The monoisotopic (exact) mass is 1180 g/mol.